The highest BCUT2D eigenvalue weighted by Gasteiger charge is 2.22. The Kier molecular flexibility index (Phi) is 5.27. The molecule has 26 heavy (non-hydrogen) atoms. The summed E-state index contributed by atoms with van der Waals surface area (Å²) in [5.41, 5.74) is 0.377. The number of nitrogens with one attached hydrogen (secondary N) is 1. The van der Waals surface area contributed by atoms with E-state index >= 15 is 0 Å². The second kappa shape index (κ2) is 7.39. The van der Waals surface area contributed by atoms with Gasteiger partial charge in [0.1, 0.15) is 17.5 Å². The first-order chi connectivity index (χ1) is 12.2. The molecule has 1 N–H and O–H groups in total. The molecule has 0 aliphatic rings. The van der Waals surface area contributed by atoms with Gasteiger partial charge in [-0.15, -0.1) is 0 Å². The maximum atomic E-state index is 12.1. The normalized spacial score (nSPS) is 10.2. The van der Waals surface area contributed by atoms with Crippen molar-refractivity contribution in [2.24, 2.45) is 0 Å². The zero-order valence-corrected chi connectivity index (χ0v) is 13.9. The fourth-order valence-electron chi connectivity index (χ4n) is 2.44. The lowest BCUT2D eigenvalue weighted by Crippen LogP contribution is -2.16. The van der Waals surface area contributed by atoms with E-state index in [1.54, 1.807) is 13.0 Å². The molecule has 0 unspecified atom stereocenters. The van der Waals surface area contributed by atoms with Crippen LogP contribution in [0, 0.1) is 45.4 Å². The van der Waals surface area contributed by atoms with Crippen molar-refractivity contribution in [1.82, 2.24) is 9.78 Å². The van der Waals surface area contributed by atoms with Crippen LogP contribution in [0.5, 0.6) is 0 Å². The number of nitro groups is 2. The number of benzene rings is 1. The third-order valence-electron chi connectivity index (χ3n) is 3.69. The first-order valence-electron chi connectivity index (χ1n) is 7.41. The highest BCUT2D eigenvalue weighted by Crippen LogP contribution is 2.23. The van der Waals surface area contributed by atoms with Crippen molar-refractivity contribution in [2.75, 3.05) is 5.32 Å². The zero-order valence-electron chi connectivity index (χ0n) is 13.9. The van der Waals surface area contributed by atoms with Crippen molar-refractivity contribution >= 4 is 23.0 Å². The van der Waals surface area contributed by atoms with Gasteiger partial charge in [0.25, 0.3) is 5.69 Å². The molecule has 1 aromatic carbocycles. The molecule has 1 aromatic heterocycles. The molecule has 1 amide bonds. The summed E-state index contributed by atoms with van der Waals surface area (Å²) in [4.78, 5) is 32.6. The first-order valence-corrected chi connectivity index (χ1v) is 7.41. The third-order valence-corrected chi connectivity index (χ3v) is 3.69. The van der Waals surface area contributed by atoms with Crippen LogP contribution in [-0.2, 0) is 11.3 Å². The topological polar surface area (TPSA) is 157 Å². The zero-order chi connectivity index (χ0) is 19.4. The van der Waals surface area contributed by atoms with Gasteiger partial charge in [0.2, 0.25) is 5.91 Å². The molecule has 0 fully saturated rings. The van der Waals surface area contributed by atoms with Crippen LogP contribution in [0.1, 0.15) is 23.4 Å². The summed E-state index contributed by atoms with van der Waals surface area (Å²) >= 11 is 0. The lowest BCUT2D eigenvalue weighted by Gasteiger charge is -2.07. The molecule has 11 nitrogen and oxygen atoms in total. The minimum absolute atomic E-state index is 0.0331. The molecule has 0 radical (unpaired) electrons. The number of aryl methyl sites for hydroxylation is 2. The van der Waals surface area contributed by atoms with Crippen molar-refractivity contribution in [3.63, 3.8) is 0 Å². The molecule has 2 aromatic rings. The summed E-state index contributed by atoms with van der Waals surface area (Å²) in [7, 11) is 0. The second-order valence-electron chi connectivity index (χ2n) is 5.40. The Morgan fingerprint density at radius 1 is 1.31 bits per heavy atom. The highest BCUT2D eigenvalue weighted by molar-refractivity contribution is 5.92. The fraction of sp³-hybridized carbons (Fsp3) is 0.267. The molecular weight excluding hydrogens is 344 g/mol. The van der Waals surface area contributed by atoms with Gasteiger partial charge in [-0.3, -0.25) is 29.7 Å². The number of amides is 1. The van der Waals surface area contributed by atoms with E-state index in [2.05, 4.69) is 10.4 Å². The van der Waals surface area contributed by atoms with Crippen molar-refractivity contribution < 1.29 is 14.6 Å². The molecule has 1 heterocycles. The number of hydrogen-bond donors (Lipinski definition) is 1. The molecular formula is C15H14N6O5. The molecule has 11 heteroatoms. The summed E-state index contributed by atoms with van der Waals surface area (Å²) in [5.74, 6) is -0.453. The molecule has 0 bridgehead atoms. The Morgan fingerprint density at radius 2 is 2.00 bits per heavy atom. The van der Waals surface area contributed by atoms with Crippen LogP contribution in [0.2, 0.25) is 0 Å². The largest absolute Gasteiger partial charge is 0.325 e. The predicted octanol–water partition coefficient (Wildman–Crippen LogP) is 2.22. The van der Waals surface area contributed by atoms with Crippen molar-refractivity contribution in [1.29, 1.82) is 5.26 Å². The van der Waals surface area contributed by atoms with E-state index in [4.69, 9.17) is 5.26 Å². The van der Waals surface area contributed by atoms with Gasteiger partial charge in [0, 0.05) is 18.6 Å². The van der Waals surface area contributed by atoms with Gasteiger partial charge in [-0.1, -0.05) is 0 Å². The van der Waals surface area contributed by atoms with Crippen molar-refractivity contribution in [2.45, 2.75) is 26.8 Å². The predicted molar refractivity (Wildman–Crippen MR) is 89.4 cm³/mol. The standard InChI is InChI=1S/C15H14N6O5/c1-9-15(21(25)26)10(2)19(18-9)6-5-14(22)17-13-4-3-12(20(23)24)7-11(13)8-16/h3-4,7H,5-6H2,1-2H3,(H,17,22). The van der Waals surface area contributed by atoms with E-state index in [0.29, 0.717) is 5.69 Å². The number of carbonyl (C=O) groups excluding carboxylic acids is 1. The van der Waals surface area contributed by atoms with Crippen LogP contribution in [0.4, 0.5) is 17.1 Å². The van der Waals surface area contributed by atoms with Crippen LogP contribution in [0.25, 0.3) is 0 Å². The number of anilines is 1. The van der Waals surface area contributed by atoms with Crippen molar-refractivity contribution in [3.05, 3.63) is 55.4 Å². The Labute approximate surface area is 147 Å². The van der Waals surface area contributed by atoms with Gasteiger partial charge in [0.15, 0.2) is 0 Å². The summed E-state index contributed by atoms with van der Waals surface area (Å²) < 4.78 is 1.37. The lowest BCUT2D eigenvalue weighted by atomic mass is 10.1. The summed E-state index contributed by atoms with van der Waals surface area (Å²) in [6, 6.07) is 5.32. The molecule has 0 saturated carbocycles. The number of nitro benzene ring substituents is 1. The number of non-ortho nitro benzene ring substituents is 1. The van der Waals surface area contributed by atoms with Gasteiger partial charge in [0.05, 0.1) is 27.6 Å². The molecule has 0 spiro atoms. The third kappa shape index (κ3) is 3.81. The second-order valence-corrected chi connectivity index (χ2v) is 5.40. The Morgan fingerprint density at radius 3 is 2.54 bits per heavy atom. The Bertz CT molecular complexity index is 943. The fourth-order valence-corrected chi connectivity index (χ4v) is 2.44. The number of rotatable bonds is 6. The average molecular weight is 358 g/mol. The Hall–Kier alpha value is -3.81. The maximum Gasteiger partial charge on any atom is 0.312 e. The van der Waals surface area contributed by atoms with Crippen LogP contribution in [-0.4, -0.2) is 25.5 Å². The quantitative estimate of drug-likeness (QED) is 0.612. The van der Waals surface area contributed by atoms with Gasteiger partial charge in [-0.25, -0.2) is 0 Å². The molecule has 0 saturated heterocycles. The van der Waals surface area contributed by atoms with E-state index in [9.17, 15) is 25.0 Å². The molecule has 2 rings (SSSR count). The maximum absolute atomic E-state index is 12.1. The summed E-state index contributed by atoms with van der Waals surface area (Å²) in [6.07, 6.45) is -0.0407. The van der Waals surface area contributed by atoms with E-state index in [1.807, 2.05) is 0 Å². The number of hydrogen-bond acceptors (Lipinski definition) is 7. The molecule has 0 aliphatic carbocycles. The minimum atomic E-state index is -0.637. The smallest absolute Gasteiger partial charge is 0.312 e. The first kappa shape index (κ1) is 18.5. The Balaban J connectivity index is 2.09. The molecule has 134 valence electrons. The van der Waals surface area contributed by atoms with Crippen LogP contribution < -0.4 is 5.32 Å². The number of nitrogens with zero attached hydrogens (tertiary/aromatic N) is 5. The van der Waals surface area contributed by atoms with E-state index in [-0.39, 0.29) is 41.3 Å². The number of nitriles is 1. The van der Waals surface area contributed by atoms with E-state index in [0.717, 1.165) is 6.07 Å². The summed E-state index contributed by atoms with van der Waals surface area (Å²) in [6.45, 7) is 3.17. The van der Waals surface area contributed by atoms with Gasteiger partial charge in [-0.2, -0.15) is 10.4 Å². The summed E-state index contributed by atoms with van der Waals surface area (Å²) in [5, 5.41) is 37.3. The van der Waals surface area contributed by atoms with Gasteiger partial charge < -0.3 is 5.32 Å². The van der Waals surface area contributed by atoms with Crippen LogP contribution in [0.3, 0.4) is 0 Å². The highest BCUT2D eigenvalue weighted by atomic mass is 16.6. The van der Waals surface area contributed by atoms with E-state index in [1.165, 1.54) is 23.7 Å². The van der Waals surface area contributed by atoms with Crippen LogP contribution >= 0.6 is 0 Å². The SMILES string of the molecule is Cc1nn(CCC(=O)Nc2ccc([N+](=O)[O-])cc2C#N)c(C)c1[N+](=O)[O-]. The number of aromatic nitrogens is 2. The molecule has 0 atom stereocenters. The minimum Gasteiger partial charge on any atom is -0.325 e. The number of carbonyl (C=O) groups is 1. The monoisotopic (exact) mass is 358 g/mol. The van der Waals surface area contributed by atoms with Gasteiger partial charge in [-0.05, 0) is 19.9 Å². The van der Waals surface area contributed by atoms with Crippen molar-refractivity contribution in [3.8, 4) is 6.07 Å². The van der Waals surface area contributed by atoms with Gasteiger partial charge >= 0.3 is 5.69 Å². The molecule has 0 aliphatic heterocycles. The average Bonchev–Trinajstić information content (AvgIpc) is 2.86. The lowest BCUT2D eigenvalue weighted by molar-refractivity contribution is -0.386. The van der Waals surface area contributed by atoms with Crippen LogP contribution in [0.15, 0.2) is 18.2 Å². The van der Waals surface area contributed by atoms with E-state index < -0.39 is 15.8 Å².